The zero-order valence-corrected chi connectivity index (χ0v) is 14.4. The summed E-state index contributed by atoms with van der Waals surface area (Å²) >= 11 is 0. The van der Waals surface area contributed by atoms with E-state index in [0.29, 0.717) is 11.7 Å². The van der Waals surface area contributed by atoms with Crippen molar-refractivity contribution in [2.24, 2.45) is 0 Å². The molecule has 1 aromatic heterocycles. The predicted molar refractivity (Wildman–Crippen MR) is 96.1 cm³/mol. The summed E-state index contributed by atoms with van der Waals surface area (Å²) in [5.41, 5.74) is 1.34. The smallest absolute Gasteiger partial charge is 0.317 e. The van der Waals surface area contributed by atoms with Crippen molar-refractivity contribution in [3.8, 4) is 11.4 Å². The van der Waals surface area contributed by atoms with Crippen LogP contribution in [0.4, 0.5) is 0 Å². The van der Waals surface area contributed by atoms with Crippen LogP contribution in [0.5, 0.6) is 0 Å². The number of nitrogens with zero attached hydrogens (tertiary/aromatic N) is 2. The Kier molecular flexibility index (Phi) is 4.52. The molecule has 1 aliphatic carbocycles. The summed E-state index contributed by atoms with van der Waals surface area (Å²) in [6.45, 7) is -0.00670. The first-order chi connectivity index (χ1) is 12.8. The van der Waals surface area contributed by atoms with E-state index in [4.69, 9.17) is 9.26 Å². The maximum atomic E-state index is 12.9. The van der Waals surface area contributed by atoms with Crippen LogP contribution in [0.15, 0.2) is 65.2 Å². The highest BCUT2D eigenvalue weighted by molar-refractivity contribution is 5.83. The van der Waals surface area contributed by atoms with Crippen LogP contribution in [0.2, 0.25) is 0 Å². The number of carbonyl (C=O) groups excluding carboxylic acids is 1. The summed E-state index contributed by atoms with van der Waals surface area (Å²) in [7, 11) is 0. The van der Waals surface area contributed by atoms with Gasteiger partial charge in [-0.05, 0) is 18.4 Å². The van der Waals surface area contributed by atoms with E-state index >= 15 is 0 Å². The van der Waals surface area contributed by atoms with Gasteiger partial charge in [-0.1, -0.05) is 78.7 Å². The summed E-state index contributed by atoms with van der Waals surface area (Å²) in [6, 6.07) is 19.5. The van der Waals surface area contributed by atoms with E-state index in [-0.39, 0.29) is 12.6 Å². The lowest BCUT2D eigenvalue weighted by molar-refractivity contribution is -0.152. The topological polar surface area (TPSA) is 65.2 Å². The number of hydrogen-bond acceptors (Lipinski definition) is 5. The number of hydrogen-bond donors (Lipinski definition) is 0. The van der Waals surface area contributed by atoms with Crippen molar-refractivity contribution in [3.63, 3.8) is 0 Å². The minimum Gasteiger partial charge on any atom is -0.455 e. The van der Waals surface area contributed by atoms with E-state index in [1.165, 1.54) is 0 Å². The molecule has 5 nitrogen and oxygen atoms in total. The molecule has 0 spiro atoms. The van der Waals surface area contributed by atoms with Gasteiger partial charge in [-0.25, -0.2) is 0 Å². The minimum atomic E-state index is -0.552. The van der Waals surface area contributed by atoms with E-state index in [9.17, 15) is 4.79 Å². The van der Waals surface area contributed by atoms with Crippen LogP contribution < -0.4 is 0 Å². The van der Waals surface area contributed by atoms with Crippen molar-refractivity contribution in [2.45, 2.75) is 37.7 Å². The minimum absolute atomic E-state index is 0.00670. The van der Waals surface area contributed by atoms with Crippen molar-refractivity contribution in [1.82, 2.24) is 10.1 Å². The lowest BCUT2D eigenvalue weighted by Gasteiger charge is -2.26. The lowest BCUT2D eigenvalue weighted by atomic mass is 9.79. The van der Waals surface area contributed by atoms with Gasteiger partial charge in [0, 0.05) is 5.56 Å². The van der Waals surface area contributed by atoms with Crippen LogP contribution in [0.1, 0.15) is 37.1 Å². The molecule has 4 rings (SSSR count). The molecule has 5 heteroatoms. The van der Waals surface area contributed by atoms with Crippen LogP contribution in [0.25, 0.3) is 11.4 Å². The average molecular weight is 348 g/mol. The third-order valence-corrected chi connectivity index (χ3v) is 5.00. The second-order valence-corrected chi connectivity index (χ2v) is 6.61. The number of carbonyl (C=O) groups is 1. The van der Waals surface area contributed by atoms with Gasteiger partial charge in [-0.3, -0.25) is 4.79 Å². The molecule has 0 atom stereocenters. The third kappa shape index (κ3) is 3.12. The van der Waals surface area contributed by atoms with Gasteiger partial charge in [0.2, 0.25) is 5.82 Å². The van der Waals surface area contributed by atoms with Gasteiger partial charge in [0.05, 0.1) is 5.41 Å². The molecule has 0 aliphatic heterocycles. The highest BCUT2D eigenvalue weighted by Crippen LogP contribution is 2.42. The molecule has 1 aliphatic rings. The van der Waals surface area contributed by atoms with E-state index in [1.54, 1.807) is 0 Å². The lowest BCUT2D eigenvalue weighted by Crippen LogP contribution is -2.34. The predicted octanol–water partition coefficient (Wildman–Crippen LogP) is 4.29. The van der Waals surface area contributed by atoms with Crippen molar-refractivity contribution >= 4 is 5.97 Å². The van der Waals surface area contributed by atoms with Gasteiger partial charge in [0.25, 0.3) is 5.89 Å². The Morgan fingerprint density at radius 1 is 1.00 bits per heavy atom. The van der Waals surface area contributed by atoms with Crippen LogP contribution >= 0.6 is 0 Å². The standard InChI is InChI=1S/C21H20N2O3/c24-20(21(13-7-8-14-21)17-11-5-2-6-12-17)25-15-18-22-19(23-26-18)16-9-3-1-4-10-16/h1-6,9-12H,7-8,13-15H2. The summed E-state index contributed by atoms with van der Waals surface area (Å²) in [4.78, 5) is 17.2. The zero-order chi connectivity index (χ0) is 17.8. The van der Waals surface area contributed by atoms with Crippen molar-refractivity contribution in [1.29, 1.82) is 0 Å². The summed E-state index contributed by atoms with van der Waals surface area (Å²) < 4.78 is 10.8. The number of esters is 1. The second kappa shape index (κ2) is 7.12. The fraction of sp³-hybridized carbons (Fsp3) is 0.286. The van der Waals surface area contributed by atoms with Gasteiger partial charge >= 0.3 is 5.97 Å². The molecule has 0 saturated heterocycles. The highest BCUT2D eigenvalue weighted by atomic mass is 16.6. The van der Waals surface area contributed by atoms with Crippen molar-refractivity contribution < 1.29 is 14.1 Å². The van der Waals surface area contributed by atoms with E-state index in [1.807, 2.05) is 60.7 Å². The fourth-order valence-electron chi connectivity index (χ4n) is 3.63. The highest BCUT2D eigenvalue weighted by Gasteiger charge is 2.44. The average Bonchev–Trinajstić information content (AvgIpc) is 3.38. The molecule has 1 fully saturated rings. The largest absolute Gasteiger partial charge is 0.455 e. The maximum Gasteiger partial charge on any atom is 0.317 e. The monoisotopic (exact) mass is 348 g/mol. The van der Waals surface area contributed by atoms with Crippen LogP contribution in [-0.2, 0) is 21.6 Å². The third-order valence-electron chi connectivity index (χ3n) is 5.00. The maximum absolute atomic E-state index is 12.9. The summed E-state index contributed by atoms with van der Waals surface area (Å²) in [5.74, 6) is 0.592. The SMILES string of the molecule is O=C(OCc1nc(-c2ccccc2)no1)C1(c2ccccc2)CCCC1. The molecule has 2 aromatic carbocycles. The van der Waals surface area contributed by atoms with Crippen LogP contribution in [-0.4, -0.2) is 16.1 Å². The van der Waals surface area contributed by atoms with Crippen LogP contribution in [0, 0.1) is 0 Å². The summed E-state index contributed by atoms with van der Waals surface area (Å²) in [5, 5.41) is 3.96. The molecular weight excluding hydrogens is 328 g/mol. The number of rotatable bonds is 5. The molecule has 1 saturated carbocycles. The normalized spacial score (nSPS) is 15.7. The molecule has 0 N–H and O–H groups in total. The van der Waals surface area contributed by atoms with E-state index in [0.717, 1.165) is 36.8 Å². The second-order valence-electron chi connectivity index (χ2n) is 6.61. The Hall–Kier alpha value is -2.95. The number of benzene rings is 2. The van der Waals surface area contributed by atoms with Gasteiger partial charge in [0.15, 0.2) is 6.61 Å². The molecule has 0 unspecified atom stereocenters. The Morgan fingerprint density at radius 2 is 1.65 bits per heavy atom. The Balaban J connectivity index is 1.47. The van der Waals surface area contributed by atoms with E-state index < -0.39 is 5.41 Å². The molecule has 132 valence electrons. The molecule has 3 aromatic rings. The Labute approximate surface area is 152 Å². The van der Waals surface area contributed by atoms with E-state index in [2.05, 4.69) is 10.1 Å². The quantitative estimate of drug-likeness (QED) is 0.644. The first-order valence-corrected chi connectivity index (χ1v) is 8.89. The van der Waals surface area contributed by atoms with Gasteiger partial charge < -0.3 is 9.26 Å². The Bertz CT molecular complexity index is 869. The van der Waals surface area contributed by atoms with Crippen LogP contribution in [0.3, 0.4) is 0 Å². The van der Waals surface area contributed by atoms with Gasteiger partial charge in [-0.2, -0.15) is 4.98 Å². The molecular formula is C21H20N2O3. The molecule has 1 heterocycles. The number of aromatic nitrogens is 2. The zero-order valence-electron chi connectivity index (χ0n) is 14.4. The summed E-state index contributed by atoms with van der Waals surface area (Å²) in [6.07, 6.45) is 3.69. The van der Waals surface area contributed by atoms with Gasteiger partial charge in [-0.15, -0.1) is 0 Å². The molecule has 0 radical (unpaired) electrons. The molecule has 0 amide bonds. The fourth-order valence-corrected chi connectivity index (χ4v) is 3.63. The first kappa shape index (κ1) is 16.5. The molecule has 26 heavy (non-hydrogen) atoms. The van der Waals surface area contributed by atoms with Crippen molar-refractivity contribution in [3.05, 3.63) is 72.1 Å². The van der Waals surface area contributed by atoms with Gasteiger partial charge in [0.1, 0.15) is 0 Å². The first-order valence-electron chi connectivity index (χ1n) is 8.89. The molecule has 0 bridgehead atoms. The number of ether oxygens (including phenoxy) is 1. The Morgan fingerprint density at radius 3 is 2.35 bits per heavy atom. The van der Waals surface area contributed by atoms with Crippen molar-refractivity contribution in [2.75, 3.05) is 0 Å².